The highest BCUT2D eigenvalue weighted by Gasteiger charge is 2.28. The van der Waals surface area contributed by atoms with Crippen LogP contribution < -0.4 is 10.1 Å². The molecule has 6 nitrogen and oxygen atoms in total. The van der Waals surface area contributed by atoms with Crippen molar-refractivity contribution in [3.05, 3.63) is 47.4 Å². The SMILES string of the molecule is COc1ccc(Cl)cc1NC(=O)C1CCN(C(=O)c2ccoc2)CC1. The molecule has 1 aromatic carbocycles. The Bertz CT molecular complexity index is 752. The molecule has 7 heteroatoms. The van der Waals surface area contributed by atoms with Gasteiger partial charge in [-0.2, -0.15) is 0 Å². The van der Waals surface area contributed by atoms with E-state index in [4.69, 9.17) is 20.8 Å². The Labute approximate surface area is 150 Å². The first-order chi connectivity index (χ1) is 12.1. The minimum atomic E-state index is -0.155. The fourth-order valence-electron chi connectivity index (χ4n) is 2.93. The number of halogens is 1. The Morgan fingerprint density at radius 1 is 1.28 bits per heavy atom. The van der Waals surface area contributed by atoms with Gasteiger partial charge in [-0.3, -0.25) is 9.59 Å². The molecule has 2 amide bonds. The largest absolute Gasteiger partial charge is 0.495 e. The highest BCUT2D eigenvalue weighted by atomic mass is 35.5. The summed E-state index contributed by atoms with van der Waals surface area (Å²) in [5.41, 5.74) is 1.09. The van der Waals surface area contributed by atoms with E-state index in [0.717, 1.165) is 0 Å². The number of benzene rings is 1. The van der Waals surface area contributed by atoms with E-state index in [0.29, 0.717) is 48.0 Å². The third-order valence-corrected chi connectivity index (χ3v) is 4.58. The van der Waals surface area contributed by atoms with E-state index in [2.05, 4.69) is 5.32 Å². The lowest BCUT2D eigenvalue weighted by atomic mass is 9.95. The van der Waals surface area contributed by atoms with Crippen LogP contribution in [0.15, 0.2) is 41.2 Å². The normalized spacial score (nSPS) is 15.0. The smallest absolute Gasteiger partial charge is 0.257 e. The molecular weight excluding hydrogens is 344 g/mol. The molecule has 1 fully saturated rings. The average molecular weight is 363 g/mol. The van der Waals surface area contributed by atoms with Gasteiger partial charge in [0.15, 0.2) is 0 Å². The minimum absolute atomic E-state index is 0.0656. The Kier molecular flexibility index (Phi) is 5.28. The van der Waals surface area contributed by atoms with Crippen LogP contribution in [0.4, 0.5) is 5.69 Å². The number of carbonyl (C=O) groups excluding carboxylic acids is 2. The lowest BCUT2D eigenvalue weighted by Gasteiger charge is -2.31. The molecule has 2 aromatic rings. The molecule has 1 aromatic heterocycles. The number of ether oxygens (including phenoxy) is 1. The Balaban J connectivity index is 1.59. The number of anilines is 1. The molecule has 0 bridgehead atoms. The number of hydrogen-bond donors (Lipinski definition) is 1. The summed E-state index contributed by atoms with van der Waals surface area (Å²) < 4.78 is 10.2. The lowest BCUT2D eigenvalue weighted by Crippen LogP contribution is -2.41. The molecule has 0 aliphatic carbocycles. The van der Waals surface area contributed by atoms with Crippen LogP contribution >= 0.6 is 11.6 Å². The molecule has 25 heavy (non-hydrogen) atoms. The summed E-state index contributed by atoms with van der Waals surface area (Å²) in [6, 6.07) is 6.72. The van der Waals surface area contributed by atoms with E-state index in [1.54, 1.807) is 36.3 Å². The summed E-state index contributed by atoms with van der Waals surface area (Å²) >= 11 is 5.99. The van der Waals surface area contributed by atoms with Crippen LogP contribution in [0.25, 0.3) is 0 Å². The van der Waals surface area contributed by atoms with Crippen LogP contribution in [-0.4, -0.2) is 36.9 Å². The van der Waals surface area contributed by atoms with Gasteiger partial charge >= 0.3 is 0 Å². The number of carbonyl (C=O) groups is 2. The molecule has 0 atom stereocenters. The zero-order valence-electron chi connectivity index (χ0n) is 13.8. The Morgan fingerprint density at radius 2 is 2.04 bits per heavy atom. The van der Waals surface area contributed by atoms with E-state index < -0.39 is 0 Å². The van der Waals surface area contributed by atoms with Gasteiger partial charge < -0.3 is 19.4 Å². The Morgan fingerprint density at radius 3 is 2.68 bits per heavy atom. The van der Waals surface area contributed by atoms with Crippen molar-refractivity contribution in [3.8, 4) is 5.75 Å². The maximum absolute atomic E-state index is 12.5. The number of likely N-dealkylation sites (tertiary alicyclic amines) is 1. The summed E-state index contributed by atoms with van der Waals surface area (Å²) in [7, 11) is 1.54. The van der Waals surface area contributed by atoms with Crippen molar-refractivity contribution >= 4 is 29.1 Å². The molecule has 3 rings (SSSR count). The zero-order valence-corrected chi connectivity index (χ0v) is 14.6. The van der Waals surface area contributed by atoms with Crippen LogP contribution in [0.5, 0.6) is 5.75 Å². The third-order valence-electron chi connectivity index (χ3n) is 4.34. The number of hydrogen-bond acceptors (Lipinski definition) is 4. The second-order valence-electron chi connectivity index (χ2n) is 5.91. The molecule has 1 aliphatic heterocycles. The number of methoxy groups -OCH3 is 1. The molecular formula is C18H19ClN2O4. The predicted molar refractivity (Wildman–Crippen MR) is 94.0 cm³/mol. The first kappa shape index (κ1) is 17.4. The van der Waals surface area contributed by atoms with Crippen molar-refractivity contribution < 1.29 is 18.7 Å². The third kappa shape index (κ3) is 3.96. The van der Waals surface area contributed by atoms with Crippen LogP contribution in [0.1, 0.15) is 23.2 Å². The number of rotatable bonds is 4. The van der Waals surface area contributed by atoms with Gasteiger partial charge in [-0.25, -0.2) is 0 Å². The van der Waals surface area contributed by atoms with Crippen molar-refractivity contribution in [1.29, 1.82) is 0 Å². The summed E-state index contributed by atoms with van der Waals surface area (Å²) in [5, 5.41) is 3.40. The molecule has 1 aliphatic rings. The summed E-state index contributed by atoms with van der Waals surface area (Å²) in [5.74, 6) is 0.252. The van der Waals surface area contributed by atoms with E-state index in [1.165, 1.54) is 12.5 Å². The highest BCUT2D eigenvalue weighted by molar-refractivity contribution is 6.31. The van der Waals surface area contributed by atoms with Gasteiger partial charge in [0, 0.05) is 24.0 Å². The lowest BCUT2D eigenvalue weighted by molar-refractivity contribution is -0.121. The van der Waals surface area contributed by atoms with Gasteiger partial charge in [0.2, 0.25) is 5.91 Å². The highest BCUT2D eigenvalue weighted by Crippen LogP contribution is 2.29. The van der Waals surface area contributed by atoms with E-state index in [9.17, 15) is 9.59 Å². The van der Waals surface area contributed by atoms with Crippen LogP contribution in [-0.2, 0) is 4.79 Å². The van der Waals surface area contributed by atoms with Crippen molar-refractivity contribution in [1.82, 2.24) is 4.90 Å². The fraction of sp³-hybridized carbons (Fsp3) is 0.333. The van der Waals surface area contributed by atoms with Gasteiger partial charge in [0.25, 0.3) is 5.91 Å². The maximum Gasteiger partial charge on any atom is 0.257 e. The zero-order chi connectivity index (χ0) is 17.8. The van der Waals surface area contributed by atoms with Gasteiger partial charge in [-0.05, 0) is 37.1 Å². The van der Waals surface area contributed by atoms with Gasteiger partial charge in [0.05, 0.1) is 24.6 Å². The molecule has 0 unspecified atom stereocenters. The fourth-order valence-corrected chi connectivity index (χ4v) is 3.10. The molecule has 1 N–H and O–H groups in total. The first-order valence-corrected chi connectivity index (χ1v) is 8.42. The maximum atomic E-state index is 12.5. The molecule has 132 valence electrons. The molecule has 0 saturated carbocycles. The molecule has 1 saturated heterocycles. The second kappa shape index (κ2) is 7.61. The van der Waals surface area contributed by atoms with E-state index in [-0.39, 0.29) is 17.7 Å². The Hall–Kier alpha value is -2.47. The number of nitrogens with one attached hydrogen (secondary N) is 1. The van der Waals surface area contributed by atoms with E-state index >= 15 is 0 Å². The average Bonchev–Trinajstić information content (AvgIpc) is 3.16. The minimum Gasteiger partial charge on any atom is -0.495 e. The quantitative estimate of drug-likeness (QED) is 0.904. The summed E-state index contributed by atoms with van der Waals surface area (Å²) in [4.78, 5) is 26.6. The molecule has 0 radical (unpaired) electrons. The molecule has 2 heterocycles. The summed E-state index contributed by atoms with van der Waals surface area (Å²) in [6.45, 7) is 1.07. The first-order valence-electron chi connectivity index (χ1n) is 8.04. The second-order valence-corrected chi connectivity index (χ2v) is 6.35. The molecule has 0 spiro atoms. The number of furan rings is 1. The van der Waals surface area contributed by atoms with Gasteiger partial charge in [-0.15, -0.1) is 0 Å². The van der Waals surface area contributed by atoms with E-state index in [1.807, 2.05) is 0 Å². The van der Waals surface area contributed by atoms with Crippen molar-refractivity contribution in [2.24, 2.45) is 5.92 Å². The van der Waals surface area contributed by atoms with Crippen LogP contribution in [0, 0.1) is 5.92 Å². The topological polar surface area (TPSA) is 71.8 Å². The van der Waals surface area contributed by atoms with Crippen LogP contribution in [0.3, 0.4) is 0 Å². The van der Waals surface area contributed by atoms with Crippen LogP contribution in [0.2, 0.25) is 5.02 Å². The van der Waals surface area contributed by atoms with Gasteiger partial charge in [0.1, 0.15) is 12.0 Å². The van der Waals surface area contributed by atoms with Gasteiger partial charge in [-0.1, -0.05) is 11.6 Å². The van der Waals surface area contributed by atoms with Crippen molar-refractivity contribution in [2.75, 3.05) is 25.5 Å². The van der Waals surface area contributed by atoms with Crippen molar-refractivity contribution in [2.45, 2.75) is 12.8 Å². The van der Waals surface area contributed by atoms with Crippen molar-refractivity contribution in [3.63, 3.8) is 0 Å². The number of amides is 2. The number of nitrogens with zero attached hydrogens (tertiary/aromatic N) is 1. The summed E-state index contributed by atoms with van der Waals surface area (Å²) in [6.07, 6.45) is 4.13. The standard InChI is InChI=1S/C18H19ClN2O4/c1-24-16-3-2-14(19)10-15(16)20-17(22)12-4-7-21(8-5-12)18(23)13-6-9-25-11-13/h2-3,6,9-12H,4-5,7-8H2,1H3,(H,20,22). The number of piperidine rings is 1. The monoisotopic (exact) mass is 362 g/mol. The predicted octanol–water partition coefficient (Wildman–Crippen LogP) is 3.43.